The first-order valence-electron chi connectivity index (χ1n) is 10.1. The third-order valence-electron chi connectivity index (χ3n) is 5.82. The summed E-state index contributed by atoms with van der Waals surface area (Å²) in [5, 5.41) is 2.78. The van der Waals surface area contributed by atoms with Crippen molar-refractivity contribution in [2.45, 2.75) is 63.9 Å². The minimum atomic E-state index is -4.55. The van der Waals surface area contributed by atoms with Crippen LogP contribution < -0.4 is 5.32 Å². The molecular formula is C21H27F3N2O3. The van der Waals surface area contributed by atoms with Crippen LogP contribution in [0.4, 0.5) is 13.2 Å². The van der Waals surface area contributed by atoms with Crippen molar-refractivity contribution < 1.29 is 27.5 Å². The molecule has 1 aliphatic heterocycles. The maximum Gasteiger partial charge on any atom is 0.416 e. The molecule has 29 heavy (non-hydrogen) atoms. The fraction of sp³-hybridized carbons (Fsp3) is 0.619. The molecule has 0 radical (unpaired) electrons. The first kappa shape index (κ1) is 21.6. The molecule has 0 unspecified atom stereocenters. The average molecular weight is 412 g/mol. The summed E-state index contributed by atoms with van der Waals surface area (Å²) in [7, 11) is 0. The van der Waals surface area contributed by atoms with Gasteiger partial charge in [0.15, 0.2) is 0 Å². The van der Waals surface area contributed by atoms with E-state index in [0.29, 0.717) is 25.3 Å². The maximum absolute atomic E-state index is 13.4. The lowest BCUT2D eigenvalue weighted by atomic mass is 9.83. The van der Waals surface area contributed by atoms with Gasteiger partial charge in [-0.05, 0) is 56.2 Å². The zero-order valence-corrected chi connectivity index (χ0v) is 16.7. The van der Waals surface area contributed by atoms with Crippen LogP contribution in [-0.2, 0) is 15.7 Å². The quantitative estimate of drug-likeness (QED) is 0.814. The second-order valence-electron chi connectivity index (χ2n) is 8.00. The maximum atomic E-state index is 13.4. The van der Waals surface area contributed by atoms with Crippen LogP contribution in [0.5, 0.6) is 0 Å². The molecule has 2 fully saturated rings. The van der Waals surface area contributed by atoms with Gasteiger partial charge in [0.2, 0.25) is 5.91 Å². The van der Waals surface area contributed by atoms with E-state index < -0.39 is 29.4 Å². The monoisotopic (exact) mass is 412 g/mol. The standard InChI is InChI=1S/C21H27F3N2O3/c1-3-11-25-18(27)17-13-29-20(9-7-14(2)8-10-20)26(17)19(28)15-5-4-6-16(12-15)21(22,23)24/h4-6,12,14,17H,3,7-11,13H2,1-2H3,(H,25,27)/t14?,17-,20?/m0/s1. The summed E-state index contributed by atoms with van der Waals surface area (Å²) >= 11 is 0. The van der Waals surface area contributed by atoms with E-state index in [2.05, 4.69) is 12.2 Å². The van der Waals surface area contributed by atoms with E-state index in [1.54, 1.807) is 0 Å². The molecule has 1 heterocycles. The minimum absolute atomic E-state index is 0.0502. The van der Waals surface area contributed by atoms with Crippen molar-refractivity contribution in [3.05, 3.63) is 35.4 Å². The molecule has 1 aromatic carbocycles. The van der Waals surface area contributed by atoms with E-state index >= 15 is 0 Å². The van der Waals surface area contributed by atoms with E-state index in [9.17, 15) is 22.8 Å². The Morgan fingerprint density at radius 2 is 1.97 bits per heavy atom. The van der Waals surface area contributed by atoms with Crippen LogP contribution in [0.15, 0.2) is 24.3 Å². The van der Waals surface area contributed by atoms with Crippen LogP contribution in [0.1, 0.15) is 61.9 Å². The molecule has 1 aromatic rings. The largest absolute Gasteiger partial charge is 0.416 e. The van der Waals surface area contributed by atoms with Gasteiger partial charge in [0.25, 0.3) is 5.91 Å². The highest BCUT2D eigenvalue weighted by Crippen LogP contribution is 2.43. The lowest BCUT2D eigenvalue weighted by Crippen LogP contribution is -2.56. The van der Waals surface area contributed by atoms with E-state index in [1.807, 2.05) is 6.92 Å². The first-order chi connectivity index (χ1) is 13.7. The number of hydrogen-bond donors (Lipinski definition) is 1. The predicted molar refractivity (Wildman–Crippen MR) is 101 cm³/mol. The van der Waals surface area contributed by atoms with Crippen LogP contribution in [0.3, 0.4) is 0 Å². The normalized spacial score (nSPS) is 27.3. The number of rotatable bonds is 4. The Kier molecular flexibility index (Phi) is 6.22. The number of hydrogen-bond acceptors (Lipinski definition) is 3. The third kappa shape index (κ3) is 4.42. The fourth-order valence-corrected chi connectivity index (χ4v) is 4.11. The number of alkyl halides is 3. The van der Waals surface area contributed by atoms with Gasteiger partial charge in [-0.15, -0.1) is 0 Å². The highest BCUT2D eigenvalue weighted by Gasteiger charge is 2.53. The van der Waals surface area contributed by atoms with E-state index in [0.717, 1.165) is 31.4 Å². The summed E-state index contributed by atoms with van der Waals surface area (Å²) in [5.74, 6) is -0.454. The Morgan fingerprint density at radius 3 is 2.59 bits per heavy atom. The van der Waals surface area contributed by atoms with Gasteiger partial charge in [-0.3, -0.25) is 14.5 Å². The van der Waals surface area contributed by atoms with Crippen molar-refractivity contribution in [2.75, 3.05) is 13.2 Å². The van der Waals surface area contributed by atoms with Gasteiger partial charge in [0, 0.05) is 12.1 Å². The zero-order chi connectivity index (χ0) is 21.2. The summed E-state index contributed by atoms with van der Waals surface area (Å²) in [6, 6.07) is 3.50. The van der Waals surface area contributed by atoms with Crippen molar-refractivity contribution in [3.63, 3.8) is 0 Å². The Hall–Kier alpha value is -2.09. The van der Waals surface area contributed by atoms with Gasteiger partial charge in [-0.25, -0.2) is 0 Å². The van der Waals surface area contributed by atoms with Crippen LogP contribution in [-0.4, -0.2) is 41.6 Å². The van der Waals surface area contributed by atoms with E-state index in [1.165, 1.54) is 17.0 Å². The highest BCUT2D eigenvalue weighted by molar-refractivity contribution is 5.98. The fourth-order valence-electron chi connectivity index (χ4n) is 4.11. The third-order valence-corrected chi connectivity index (χ3v) is 5.82. The number of carbonyl (C=O) groups is 2. The SMILES string of the molecule is CCCNC(=O)[C@@H]1COC2(CCC(C)CC2)N1C(=O)c1cccc(C(F)(F)F)c1. The summed E-state index contributed by atoms with van der Waals surface area (Å²) in [6.45, 7) is 4.55. The molecule has 1 atom stereocenters. The molecule has 0 aromatic heterocycles. The number of ether oxygens (including phenoxy) is 1. The molecule has 0 bridgehead atoms. The van der Waals surface area contributed by atoms with Gasteiger partial charge in [-0.2, -0.15) is 13.2 Å². The molecule has 1 saturated carbocycles. The number of nitrogens with zero attached hydrogens (tertiary/aromatic N) is 1. The summed E-state index contributed by atoms with van der Waals surface area (Å²) < 4.78 is 45.4. The Labute approximate surface area is 168 Å². The van der Waals surface area contributed by atoms with Crippen molar-refractivity contribution in [1.29, 1.82) is 0 Å². The van der Waals surface area contributed by atoms with Crippen LogP contribution in [0.2, 0.25) is 0 Å². The van der Waals surface area contributed by atoms with Crippen LogP contribution in [0.25, 0.3) is 0 Å². The summed E-state index contributed by atoms with van der Waals surface area (Å²) in [5.41, 5.74) is -1.91. The van der Waals surface area contributed by atoms with Gasteiger partial charge < -0.3 is 10.1 Å². The molecule has 160 valence electrons. The highest BCUT2D eigenvalue weighted by atomic mass is 19.4. The van der Waals surface area contributed by atoms with Crippen molar-refractivity contribution in [1.82, 2.24) is 10.2 Å². The molecule has 2 amide bonds. The van der Waals surface area contributed by atoms with Crippen molar-refractivity contribution in [3.8, 4) is 0 Å². The smallest absolute Gasteiger partial charge is 0.354 e. The number of amides is 2. The van der Waals surface area contributed by atoms with Crippen molar-refractivity contribution >= 4 is 11.8 Å². The Balaban J connectivity index is 1.95. The lowest BCUT2D eigenvalue weighted by Gasteiger charge is -2.43. The van der Waals surface area contributed by atoms with Crippen LogP contribution >= 0.6 is 0 Å². The van der Waals surface area contributed by atoms with E-state index in [4.69, 9.17) is 4.74 Å². The first-order valence-corrected chi connectivity index (χ1v) is 10.1. The topological polar surface area (TPSA) is 58.6 Å². The Bertz CT molecular complexity index is 758. The van der Waals surface area contributed by atoms with Gasteiger partial charge in [0.1, 0.15) is 11.8 Å². The number of nitrogens with one attached hydrogen (secondary N) is 1. The number of halogens is 3. The molecule has 1 aliphatic carbocycles. The van der Waals surface area contributed by atoms with Gasteiger partial charge in [-0.1, -0.05) is 19.9 Å². The lowest BCUT2D eigenvalue weighted by molar-refractivity contribution is -0.137. The predicted octanol–water partition coefficient (Wildman–Crippen LogP) is 3.98. The van der Waals surface area contributed by atoms with Crippen molar-refractivity contribution in [2.24, 2.45) is 5.92 Å². The molecule has 8 heteroatoms. The number of benzene rings is 1. The number of carbonyl (C=O) groups excluding carboxylic acids is 2. The van der Waals surface area contributed by atoms with E-state index in [-0.39, 0.29) is 18.1 Å². The molecule has 1 N–H and O–H groups in total. The average Bonchev–Trinajstić information content (AvgIpc) is 3.06. The molecule has 2 aliphatic rings. The summed E-state index contributed by atoms with van der Waals surface area (Å²) in [4.78, 5) is 27.5. The zero-order valence-electron chi connectivity index (χ0n) is 16.7. The summed E-state index contributed by atoms with van der Waals surface area (Å²) in [6.07, 6.45) is -1.02. The van der Waals surface area contributed by atoms with Gasteiger partial charge >= 0.3 is 6.18 Å². The molecule has 3 rings (SSSR count). The molecule has 1 saturated heterocycles. The second-order valence-corrected chi connectivity index (χ2v) is 8.00. The van der Waals surface area contributed by atoms with Gasteiger partial charge in [0.05, 0.1) is 12.2 Å². The molecular weight excluding hydrogens is 385 g/mol. The Morgan fingerprint density at radius 1 is 1.28 bits per heavy atom. The minimum Gasteiger partial charge on any atom is -0.354 e. The second kappa shape index (κ2) is 8.34. The van der Waals surface area contributed by atoms with Crippen LogP contribution in [0, 0.1) is 5.92 Å². The molecule has 5 nitrogen and oxygen atoms in total. The molecule has 1 spiro atoms.